The van der Waals surface area contributed by atoms with Gasteiger partial charge in [0.05, 0.1) is 19.9 Å². The van der Waals surface area contributed by atoms with Crippen LogP contribution >= 0.6 is 0 Å². The molecule has 2 aromatic carbocycles. The first kappa shape index (κ1) is 25.3. The average molecular weight is 507 g/mol. The van der Waals surface area contributed by atoms with Crippen LogP contribution in [0.1, 0.15) is 23.9 Å². The Kier molecular flexibility index (Phi) is 7.72. The molecule has 0 saturated carbocycles. The molecular weight excluding hydrogens is 482 g/mol. The lowest BCUT2D eigenvalue weighted by Crippen LogP contribution is -2.13. The summed E-state index contributed by atoms with van der Waals surface area (Å²) < 4.78 is 39.5. The first-order valence-corrected chi connectivity index (χ1v) is 11.3. The number of halogens is 2. The van der Waals surface area contributed by atoms with Crippen LogP contribution in [0.25, 0.3) is 0 Å². The second-order valence-corrected chi connectivity index (χ2v) is 7.75. The molecule has 0 aliphatic carbocycles. The van der Waals surface area contributed by atoms with Gasteiger partial charge in [-0.25, -0.2) is 18.7 Å². The molecule has 0 unspecified atom stereocenters. The molecule has 9 nitrogen and oxygen atoms in total. The minimum absolute atomic E-state index is 0.0349. The van der Waals surface area contributed by atoms with Crippen LogP contribution in [0.5, 0.6) is 11.5 Å². The van der Waals surface area contributed by atoms with E-state index in [-0.39, 0.29) is 40.8 Å². The molecular formula is C26H24F2N6O3. The number of nitrogens with zero attached hydrogens (tertiary/aromatic N) is 2. The molecule has 0 bridgehead atoms. The third kappa shape index (κ3) is 5.89. The van der Waals surface area contributed by atoms with Gasteiger partial charge in [0.15, 0.2) is 17.4 Å². The summed E-state index contributed by atoms with van der Waals surface area (Å²) in [5.41, 5.74) is 0.860. The van der Waals surface area contributed by atoms with Crippen LogP contribution in [-0.4, -0.2) is 34.4 Å². The van der Waals surface area contributed by atoms with Gasteiger partial charge < -0.3 is 25.1 Å². The number of hydrogen-bond acceptors (Lipinski definition) is 8. The van der Waals surface area contributed by atoms with E-state index in [2.05, 4.69) is 25.6 Å². The Morgan fingerprint density at radius 3 is 2.59 bits per heavy atom. The number of H-pyrrole nitrogens is 1. The van der Waals surface area contributed by atoms with Crippen molar-refractivity contribution >= 4 is 22.9 Å². The topological polar surface area (TPSA) is 125 Å². The third-order valence-corrected chi connectivity index (χ3v) is 5.31. The van der Waals surface area contributed by atoms with Gasteiger partial charge >= 0.3 is 0 Å². The number of pyridine rings is 1. The van der Waals surface area contributed by atoms with Crippen molar-refractivity contribution in [3.63, 3.8) is 0 Å². The van der Waals surface area contributed by atoms with Crippen molar-refractivity contribution < 1.29 is 18.3 Å². The van der Waals surface area contributed by atoms with Gasteiger partial charge in [0.2, 0.25) is 5.56 Å². The molecule has 0 atom stereocenters. The van der Waals surface area contributed by atoms with E-state index < -0.39 is 11.6 Å². The molecule has 4 aromatic rings. The third-order valence-electron chi connectivity index (χ3n) is 5.31. The molecule has 4 rings (SSSR count). The molecule has 190 valence electrons. The number of rotatable bonds is 10. The second kappa shape index (κ2) is 11.3. The quantitative estimate of drug-likeness (QED) is 0.231. The fraction of sp³-hybridized carbons (Fsp3) is 0.154. The normalized spacial score (nSPS) is 10.6. The lowest BCUT2D eigenvalue weighted by molar-refractivity contribution is 0.335. The highest BCUT2D eigenvalue weighted by Crippen LogP contribution is 2.27. The monoisotopic (exact) mass is 506 g/mol. The van der Waals surface area contributed by atoms with Crippen molar-refractivity contribution in [2.45, 2.75) is 13.5 Å². The molecule has 0 spiro atoms. The summed E-state index contributed by atoms with van der Waals surface area (Å²) in [5.74, 6) is -0.725. The molecule has 0 aliphatic rings. The van der Waals surface area contributed by atoms with E-state index in [9.17, 15) is 13.6 Å². The van der Waals surface area contributed by atoms with Crippen molar-refractivity contribution in [3.8, 4) is 11.5 Å². The van der Waals surface area contributed by atoms with Crippen molar-refractivity contribution in [1.82, 2.24) is 15.0 Å². The van der Waals surface area contributed by atoms with Gasteiger partial charge in [-0.05, 0) is 19.1 Å². The van der Waals surface area contributed by atoms with E-state index in [1.807, 2.05) is 0 Å². The zero-order valence-corrected chi connectivity index (χ0v) is 20.1. The SMILES string of the molecule is CCOc1cc(F)c(CNc2ccccc2C(=N)c2ncc(OC)c(Nc3cc[nH]c(=O)c3)n2)c(F)c1. The predicted molar refractivity (Wildman–Crippen MR) is 136 cm³/mol. The zero-order valence-electron chi connectivity index (χ0n) is 20.1. The highest BCUT2D eigenvalue weighted by atomic mass is 19.1. The Morgan fingerprint density at radius 2 is 1.89 bits per heavy atom. The molecule has 11 heteroatoms. The zero-order chi connectivity index (χ0) is 26.4. The summed E-state index contributed by atoms with van der Waals surface area (Å²) in [6.07, 6.45) is 2.90. The number of aromatic nitrogens is 3. The molecule has 4 N–H and O–H groups in total. The van der Waals surface area contributed by atoms with Gasteiger partial charge in [0, 0.05) is 53.4 Å². The van der Waals surface area contributed by atoms with Crippen molar-refractivity contribution in [3.05, 3.63) is 99.9 Å². The van der Waals surface area contributed by atoms with Gasteiger partial charge in [-0.15, -0.1) is 0 Å². The number of anilines is 3. The van der Waals surface area contributed by atoms with Crippen LogP contribution < -0.4 is 25.7 Å². The minimum Gasteiger partial charge on any atom is -0.494 e. The van der Waals surface area contributed by atoms with E-state index >= 15 is 0 Å². The Morgan fingerprint density at radius 1 is 1.14 bits per heavy atom. The van der Waals surface area contributed by atoms with Crippen LogP contribution in [0.4, 0.5) is 26.0 Å². The summed E-state index contributed by atoms with van der Waals surface area (Å²) in [6.45, 7) is 1.86. The Balaban J connectivity index is 1.59. The molecule has 2 heterocycles. The van der Waals surface area contributed by atoms with E-state index in [4.69, 9.17) is 14.9 Å². The summed E-state index contributed by atoms with van der Waals surface area (Å²) in [4.78, 5) is 22.8. The first-order valence-electron chi connectivity index (χ1n) is 11.3. The van der Waals surface area contributed by atoms with E-state index in [1.165, 1.54) is 25.6 Å². The Labute approximate surface area is 211 Å². The number of hydrogen-bond donors (Lipinski definition) is 4. The van der Waals surface area contributed by atoms with E-state index in [0.29, 0.717) is 29.3 Å². The van der Waals surface area contributed by atoms with Gasteiger partial charge in [0.1, 0.15) is 23.1 Å². The first-order chi connectivity index (χ1) is 17.9. The highest BCUT2D eigenvalue weighted by Gasteiger charge is 2.17. The number of ether oxygens (including phenoxy) is 2. The fourth-order valence-corrected chi connectivity index (χ4v) is 3.55. The molecule has 0 fully saturated rings. The number of nitrogens with one attached hydrogen (secondary N) is 4. The smallest absolute Gasteiger partial charge is 0.249 e. The fourth-order valence-electron chi connectivity index (χ4n) is 3.55. The average Bonchev–Trinajstić information content (AvgIpc) is 2.88. The van der Waals surface area contributed by atoms with Gasteiger partial charge in [0.25, 0.3) is 0 Å². The van der Waals surface area contributed by atoms with E-state index in [1.54, 1.807) is 37.3 Å². The lowest BCUT2D eigenvalue weighted by atomic mass is 10.1. The molecule has 2 aromatic heterocycles. The van der Waals surface area contributed by atoms with Crippen molar-refractivity contribution in [1.29, 1.82) is 5.41 Å². The maximum atomic E-state index is 14.5. The van der Waals surface area contributed by atoms with Crippen LogP contribution in [-0.2, 0) is 6.54 Å². The van der Waals surface area contributed by atoms with Crippen molar-refractivity contribution in [2.75, 3.05) is 24.4 Å². The summed E-state index contributed by atoms with van der Waals surface area (Å²) >= 11 is 0. The minimum atomic E-state index is -0.738. The summed E-state index contributed by atoms with van der Waals surface area (Å²) in [6, 6.07) is 12.1. The van der Waals surface area contributed by atoms with E-state index in [0.717, 1.165) is 12.1 Å². The van der Waals surface area contributed by atoms with Crippen molar-refractivity contribution in [2.24, 2.45) is 0 Å². The molecule has 37 heavy (non-hydrogen) atoms. The summed E-state index contributed by atoms with van der Waals surface area (Å²) in [7, 11) is 1.45. The second-order valence-electron chi connectivity index (χ2n) is 7.75. The number of aromatic amines is 1. The number of methoxy groups -OCH3 is 1. The van der Waals surface area contributed by atoms with Crippen LogP contribution in [0, 0.1) is 17.0 Å². The molecule has 0 radical (unpaired) electrons. The molecule has 0 amide bonds. The predicted octanol–water partition coefficient (Wildman–Crippen LogP) is 4.62. The van der Waals surface area contributed by atoms with Gasteiger partial charge in [-0.1, -0.05) is 18.2 Å². The largest absolute Gasteiger partial charge is 0.494 e. The number of benzene rings is 2. The Bertz CT molecular complexity index is 1470. The molecule has 0 aliphatic heterocycles. The highest BCUT2D eigenvalue weighted by molar-refractivity contribution is 6.12. The van der Waals surface area contributed by atoms with Gasteiger partial charge in [-0.3, -0.25) is 10.2 Å². The number of para-hydroxylation sites is 1. The van der Waals surface area contributed by atoms with Crippen LogP contribution in [0.3, 0.4) is 0 Å². The Hall–Kier alpha value is -4.80. The maximum Gasteiger partial charge on any atom is 0.249 e. The lowest BCUT2D eigenvalue weighted by Gasteiger charge is -2.15. The van der Waals surface area contributed by atoms with Crippen LogP contribution in [0.15, 0.2) is 65.7 Å². The molecule has 0 saturated heterocycles. The summed E-state index contributed by atoms with van der Waals surface area (Å²) in [5, 5.41) is 14.7. The maximum absolute atomic E-state index is 14.5. The van der Waals surface area contributed by atoms with Gasteiger partial charge in [-0.2, -0.15) is 0 Å². The van der Waals surface area contributed by atoms with Crippen LogP contribution in [0.2, 0.25) is 0 Å². The standard InChI is InChI=1S/C26H24F2N6O3/c1-3-37-16-11-19(27)18(20(28)12-16)13-31-21-7-5-4-6-17(21)24(29)26-32-14-22(36-2)25(34-26)33-15-8-9-30-23(35)10-15/h4-12,14,29,31H,3,13H2,1-2H3,(H2,30,32,33,34,35).